The average Bonchev–Trinajstić information content (AvgIpc) is 2.91. The van der Waals surface area contributed by atoms with Gasteiger partial charge in [0.05, 0.1) is 6.21 Å². The third-order valence-corrected chi connectivity index (χ3v) is 4.68. The Morgan fingerprint density at radius 1 is 1.09 bits per heavy atom. The maximum absolute atomic E-state index is 12.0. The molecule has 2 aromatic carbocycles. The van der Waals surface area contributed by atoms with E-state index in [0.29, 0.717) is 5.17 Å². The molecule has 0 unspecified atom stereocenters. The Balaban J connectivity index is 1.69. The Labute approximate surface area is 140 Å². The molecule has 1 saturated heterocycles. The molecule has 1 heterocycles. The second-order valence-corrected chi connectivity index (χ2v) is 6.61. The first kappa shape index (κ1) is 15.0. The first-order chi connectivity index (χ1) is 10.7. The number of rotatable bonds is 3. The van der Waals surface area contributed by atoms with Crippen LogP contribution in [0.15, 0.2) is 69.3 Å². The van der Waals surface area contributed by atoms with E-state index in [0.717, 1.165) is 15.6 Å². The fourth-order valence-electron chi connectivity index (χ4n) is 1.96. The highest BCUT2D eigenvalue weighted by molar-refractivity contribution is 9.10. The van der Waals surface area contributed by atoms with E-state index in [1.807, 2.05) is 54.6 Å². The van der Waals surface area contributed by atoms with Gasteiger partial charge in [0, 0.05) is 4.47 Å². The zero-order valence-corrected chi connectivity index (χ0v) is 13.8. The van der Waals surface area contributed by atoms with Crippen LogP contribution in [0.3, 0.4) is 0 Å². The molecule has 6 heteroatoms. The van der Waals surface area contributed by atoms with Gasteiger partial charge in [0.15, 0.2) is 5.17 Å². The van der Waals surface area contributed by atoms with E-state index < -0.39 is 0 Å². The highest BCUT2D eigenvalue weighted by atomic mass is 79.9. The van der Waals surface area contributed by atoms with Crippen LogP contribution in [0.4, 0.5) is 0 Å². The standard InChI is InChI=1S/C16H12BrN3OS/c17-13-8-6-11(7-9-13)10-18-20-16-19-15(21)14(22-16)12-4-2-1-3-5-12/h1-10,14H,(H,19,20,21)/b18-10-/t14-/m1/s1. The van der Waals surface area contributed by atoms with Crippen LogP contribution < -0.4 is 5.32 Å². The Morgan fingerprint density at radius 3 is 2.55 bits per heavy atom. The number of carbonyl (C=O) groups is 1. The van der Waals surface area contributed by atoms with Crippen molar-refractivity contribution in [2.75, 3.05) is 0 Å². The second-order valence-electron chi connectivity index (χ2n) is 4.60. The van der Waals surface area contributed by atoms with Crippen LogP contribution in [0, 0.1) is 0 Å². The van der Waals surface area contributed by atoms with Crippen molar-refractivity contribution in [3.8, 4) is 0 Å². The van der Waals surface area contributed by atoms with Crippen LogP contribution in [-0.4, -0.2) is 17.3 Å². The van der Waals surface area contributed by atoms with Crippen molar-refractivity contribution in [2.45, 2.75) is 5.25 Å². The van der Waals surface area contributed by atoms with Crippen molar-refractivity contribution in [1.82, 2.24) is 5.32 Å². The van der Waals surface area contributed by atoms with Crippen molar-refractivity contribution in [2.24, 2.45) is 10.2 Å². The minimum atomic E-state index is -0.261. The minimum absolute atomic E-state index is 0.0613. The average molecular weight is 374 g/mol. The van der Waals surface area contributed by atoms with Crippen molar-refractivity contribution in [3.05, 3.63) is 70.2 Å². The van der Waals surface area contributed by atoms with Gasteiger partial charge in [0.1, 0.15) is 5.25 Å². The monoisotopic (exact) mass is 373 g/mol. The number of thioether (sulfide) groups is 1. The number of benzene rings is 2. The van der Waals surface area contributed by atoms with E-state index in [1.54, 1.807) is 6.21 Å². The quantitative estimate of drug-likeness (QED) is 0.657. The zero-order valence-electron chi connectivity index (χ0n) is 11.4. The first-order valence-electron chi connectivity index (χ1n) is 6.61. The van der Waals surface area contributed by atoms with Crippen molar-refractivity contribution < 1.29 is 4.79 Å². The van der Waals surface area contributed by atoms with Crippen LogP contribution in [-0.2, 0) is 4.79 Å². The molecule has 0 radical (unpaired) electrons. The molecule has 2 aromatic rings. The Bertz CT molecular complexity index is 729. The lowest BCUT2D eigenvalue weighted by Gasteiger charge is -2.03. The van der Waals surface area contributed by atoms with Gasteiger partial charge < -0.3 is 5.32 Å². The van der Waals surface area contributed by atoms with Gasteiger partial charge in [-0.05, 0) is 23.3 Å². The summed E-state index contributed by atoms with van der Waals surface area (Å²) < 4.78 is 1.01. The molecule has 1 aliphatic heterocycles. The summed E-state index contributed by atoms with van der Waals surface area (Å²) in [5.41, 5.74) is 1.91. The molecule has 1 N–H and O–H groups in total. The molecule has 0 spiro atoms. The molecule has 22 heavy (non-hydrogen) atoms. The molecule has 0 aliphatic carbocycles. The summed E-state index contributed by atoms with van der Waals surface area (Å²) in [6.07, 6.45) is 1.65. The summed E-state index contributed by atoms with van der Waals surface area (Å²) in [4.78, 5) is 12.0. The topological polar surface area (TPSA) is 53.8 Å². The van der Waals surface area contributed by atoms with Gasteiger partial charge in [-0.15, -0.1) is 5.10 Å². The molecule has 110 valence electrons. The first-order valence-corrected chi connectivity index (χ1v) is 8.29. The fraction of sp³-hybridized carbons (Fsp3) is 0.0625. The molecule has 1 aliphatic rings. The lowest BCUT2D eigenvalue weighted by Crippen LogP contribution is -2.21. The summed E-state index contributed by atoms with van der Waals surface area (Å²) in [6, 6.07) is 17.4. The molecule has 0 saturated carbocycles. The Kier molecular flexibility index (Phi) is 4.70. The number of nitrogens with zero attached hydrogens (tertiary/aromatic N) is 2. The molecule has 0 aromatic heterocycles. The largest absolute Gasteiger partial charge is 0.302 e. The van der Waals surface area contributed by atoms with Gasteiger partial charge in [-0.1, -0.05) is 70.2 Å². The predicted molar refractivity (Wildman–Crippen MR) is 94.1 cm³/mol. The number of amidine groups is 1. The Hall–Kier alpha value is -1.92. The number of hydrogen-bond acceptors (Lipinski definition) is 4. The minimum Gasteiger partial charge on any atom is -0.302 e. The molecule has 4 nitrogen and oxygen atoms in total. The van der Waals surface area contributed by atoms with Crippen molar-refractivity contribution in [1.29, 1.82) is 0 Å². The van der Waals surface area contributed by atoms with Gasteiger partial charge in [-0.25, -0.2) is 0 Å². The third-order valence-electron chi connectivity index (χ3n) is 3.03. The maximum Gasteiger partial charge on any atom is 0.244 e. The highest BCUT2D eigenvalue weighted by Gasteiger charge is 2.31. The fourth-order valence-corrected chi connectivity index (χ4v) is 3.16. The van der Waals surface area contributed by atoms with E-state index in [-0.39, 0.29) is 11.2 Å². The zero-order chi connectivity index (χ0) is 15.4. The van der Waals surface area contributed by atoms with Gasteiger partial charge in [-0.2, -0.15) is 5.10 Å². The van der Waals surface area contributed by atoms with E-state index in [4.69, 9.17) is 0 Å². The van der Waals surface area contributed by atoms with Crippen molar-refractivity contribution >= 4 is 45.0 Å². The smallest absolute Gasteiger partial charge is 0.244 e. The molecule has 3 rings (SSSR count). The summed E-state index contributed by atoms with van der Waals surface area (Å²) >= 11 is 4.76. The summed E-state index contributed by atoms with van der Waals surface area (Å²) in [5, 5.41) is 11.1. The van der Waals surface area contributed by atoms with Gasteiger partial charge in [0.25, 0.3) is 0 Å². The van der Waals surface area contributed by atoms with Crippen LogP contribution >= 0.6 is 27.7 Å². The molecule has 1 atom stereocenters. The van der Waals surface area contributed by atoms with E-state index in [2.05, 4.69) is 31.4 Å². The highest BCUT2D eigenvalue weighted by Crippen LogP contribution is 2.34. The van der Waals surface area contributed by atoms with Gasteiger partial charge >= 0.3 is 0 Å². The molecule has 1 fully saturated rings. The Morgan fingerprint density at radius 2 is 1.82 bits per heavy atom. The predicted octanol–water partition coefficient (Wildman–Crippen LogP) is 3.74. The number of carbonyl (C=O) groups excluding carboxylic acids is 1. The summed E-state index contributed by atoms with van der Waals surface area (Å²) in [5.74, 6) is -0.0613. The molecular weight excluding hydrogens is 362 g/mol. The number of amides is 1. The van der Waals surface area contributed by atoms with E-state index >= 15 is 0 Å². The lowest BCUT2D eigenvalue weighted by atomic mass is 10.1. The van der Waals surface area contributed by atoms with Crippen LogP contribution in [0.1, 0.15) is 16.4 Å². The molecule has 0 bridgehead atoms. The molecular formula is C16H12BrN3OS. The SMILES string of the molecule is O=C1N/C(=N\N=C/c2ccc(Br)cc2)S[C@@H]1c1ccccc1. The maximum atomic E-state index is 12.0. The van der Waals surface area contributed by atoms with Gasteiger partial charge in [0.2, 0.25) is 5.91 Å². The third kappa shape index (κ3) is 3.64. The van der Waals surface area contributed by atoms with Gasteiger partial charge in [-0.3, -0.25) is 4.79 Å². The van der Waals surface area contributed by atoms with Crippen LogP contribution in [0.25, 0.3) is 0 Å². The van der Waals surface area contributed by atoms with Crippen molar-refractivity contribution in [3.63, 3.8) is 0 Å². The summed E-state index contributed by atoms with van der Waals surface area (Å²) in [6.45, 7) is 0. The van der Waals surface area contributed by atoms with Crippen LogP contribution in [0.5, 0.6) is 0 Å². The number of nitrogens with one attached hydrogen (secondary N) is 1. The van der Waals surface area contributed by atoms with E-state index in [1.165, 1.54) is 11.8 Å². The van der Waals surface area contributed by atoms with E-state index in [9.17, 15) is 4.79 Å². The number of halogens is 1. The number of hydrogen-bond donors (Lipinski definition) is 1. The lowest BCUT2D eigenvalue weighted by molar-refractivity contribution is -0.118. The second kappa shape index (κ2) is 6.89. The molecule has 1 amide bonds. The van der Waals surface area contributed by atoms with Crippen LogP contribution in [0.2, 0.25) is 0 Å². The summed E-state index contributed by atoms with van der Waals surface area (Å²) in [7, 11) is 0. The normalized spacial score (nSPS) is 19.8.